The Labute approximate surface area is 87.3 Å². The van der Waals surface area contributed by atoms with E-state index in [1.54, 1.807) is 0 Å². The van der Waals surface area contributed by atoms with E-state index in [-0.39, 0.29) is 6.04 Å². The lowest BCUT2D eigenvalue weighted by Gasteiger charge is -2.25. The van der Waals surface area contributed by atoms with Gasteiger partial charge >= 0.3 is 0 Å². The van der Waals surface area contributed by atoms with Crippen LogP contribution in [-0.2, 0) is 0 Å². The van der Waals surface area contributed by atoms with Crippen LogP contribution in [0.3, 0.4) is 0 Å². The molecule has 1 aliphatic heterocycles. The zero-order valence-corrected chi connectivity index (χ0v) is 9.53. The summed E-state index contributed by atoms with van der Waals surface area (Å²) in [6, 6.07) is 3.15. The van der Waals surface area contributed by atoms with Gasteiger partial charge in [-0.05, 0) is 40.3 Å². The highest BCUT2D eigenvalue weighted by molar-refractivity contribution is 4.95. The van der Waals surface area contributed by atoms with Crippen molar-refractivity contribution in [3.63, 3.8) is 0 Å². The molecule has 0 aliphatic carbocycles. The smallest absolute Gasteiger partial charge is 0.0978 e. The molecule has 3 nitrogen and oxygen atoms in total. The summed E-state index contributed by atoms with van der Waals surface area (Å²) in [7, 11) is 2.14. The Balaban J connectivity index is 2.27. The van der Waals surface area contributed by atoms with Crippen LogP contribution in [0.2, 0.25) is 0 Å². The van der Waals surface area contributed by atoms with Gasteiger partial charge in [0.05, 0.1) is 12.1 Å². The van der Waals surface area contributed by atoms with Gasteiger partial charge in [0.25, 0.3) is 0 Å². The zero-order valence-electron chi connectivity index (χ0n) is 9.53. The molecule has 0 saturated carbocycles. The summed E-state index contributed by atoms with van der Waals surface area (Å²) < 4.78 is 0. The summed E-state index contributed by atoms with van der Waals surface area (Å²) in [5.74, 6) is 0. The molecule has 1 aliphatic rings. The molecule has 1 saturated heterocycles. The second kappa shape index (κ2) is 5.33. The van der Waals surface area contributed by atoms with Crippen LogP contribution in [0.15, 0.2) is 0 Å². The van der Waals surface area contributed by atoms with Gasteiger partial charge in [0, 0.05) is 19.1 Å². The van der Waals surface area contributed by atoms with Crippen LogP contribution < -0.4 is 0 Å². The Bertz CT molecular complexity index is 207. The Morgan fingerprint density at radius 2 is 2.29 bits per heavy atom. The normalized spacial score (nSPS) is 23.3. The van der Waals surface area contributed by atoms with Crippen molar-refractivity contribution in [1.29, 1.82) is 5.26 Å². The standard InChI is InChI=1S/C11H21N3/c1-10(2)13(3)7-8-14-6-4-5-11(14)9-12/h10-11H,4-8H2,1-3H3/t11-/m1/s1. The highest BCUT2D eigenvalue weighted by Crippen LogP contribution is 2.15. The molecule has 1 rings (SSSR count). The summed E-state index contributed by atoms with van der Waals surface area (Å²) in [6.07, 6.45) is 2.24. The molecule has 0 N–H and O–H groups in total. The van der Waals surface area contributed by atoms with E-state index in [2.05, 4.69) is 36.8 Å². The van der Waals surface area contributed by atoms with Gasteiger partial charge in [-0.1, -0.05) is 0 Å². The summed E-state index contributed by atoms with van der Waals surface area (Å²) in [5.41, 5.74) is 0. The fourth-order valence-electron chi connectivity index (χ4n) is 1.78. The predicted octanol–water partition coefficient (Wildman–Crippen LogP) is 1.31. The molecule has 14 heavy (non-hydrogen) atoms. The van der Waals surface area contributed by atoms with Gasteiger partial charge in [0.1, 0.15) is 0 Å². The van der Waals surface area contributed by atoms with Crippen LogP contribution in [0.1, 0.15) is 26.7 Å². The third-order valence-corrected chi connectivity index (χ3v) is 3.13. The Hall–Kier alpha value is -0.590. The van der Waals surface area contributed by atoms with Crippen LogP contribution >= 0.6 is 0 Å². The Morgan fingerprint density at radius 3 is 2.86 bits per heavy atom. The molecule has 0 spiro atoms. The van der Waals surface area contributed by atoms with Crippen LogP contribution in [0.25, 0.3) is 0 Å². The largest absolute Gasteiger partial charge is 0.303 e. The summed E-state index contributed by atoms with van der Waals surface area (Å²) in [5, 5.41) is 8.91. The molecular weight excluding hydrogens is 174 g/mol. The molecule has 0 aromatic carbocycles. The van der Waals surface area contributed by atoms with Crippen molar-refractivity contribution >= 4 is 0 Å². The van der Waals surface area contributed by atoms with E-state index in [1.165, 1.54) is 6.42 Å². The number of likely N-dealkylation sites (tertiary alicyclic amines) is 1. The van der Waals surface area contributed by atoms with Gasteiger partial charge in [-0.3, -0.25) is 4.90 Å². The van der Waals surface area contributed by atoms with Gasteiger partial charge in [-0.2, -0.15) is 5.26 Å². The fourth-order valence-corrected chi connectivity index (χ4v) is 1.78. The molecule has 1 atom stereocenters. The van der Waals surface area contributed by atoms with Crippen molar-refractivity contribution in [3.05, 3.63) is 0 Å². The van der Waals surface area contributed by atoms with E-state index < -0.39 is 0 Å². The van der Waals surface area contributed by atoms with Crippen molar-refractivity contribution in [1.82, 2.24) is 9.80 Å². The first kappa shape index (κ1) is 11.5. The third kappa shape index (κ3) is 2.97. The minimum atomic E-state index is 0.176. The van der Waals surface area contributed by atoms with Crippen molar-refractivity contribution < 1.29 is 0 Å². The minimum Gasteiger partial charge on any atom is -0.303 e. The van der Waals surface area contributed by atoms with E-state index in [1.807, 2.05) is 0 Å². The minimum absolute atomic E-state index is 0.176. The van der Waals surface area contributed by atoms with Crippen LogP contribution in [0, 0.1) is 11.3 Å². The first-order chi connectivity index (χ1) is 6.65. The molecular formula is C11H21N3. The van der Waals surface area contributed by atoms with Crippen molar-refractivity contribution in [3.8, 4) is 6.07 Å². The number of rotatable bonds is 4. The molecule has 3 heteroatoms. The van der Waals surface area contributed by atoms with Crippen LogP contribution in [0.4, 0.5) is 0 Å². The van der Waals surface area contributed by atoms with Crippen molar-refractivity contribution in [2.45, 2.75) is 38.8 Å². The van der Waals surface area contributed by atoms with E-state index in [0.717, 1.165) is 26.1 Å². The third-order valence-electron chi connectivity index (χ3n) is 3.13. The first-order valence-electron chi connectivity index (χ1n) is 5.49. The first-order valence-corrected chi connectivity index (χ1v) is 5.49. The van der Waals surface area contributed by atoms with Crippen LogP contribution in [-0.4, -0.2) is 48.6 Å². The number of nitriles is 1. The molecule has 0 unspecified atom stereocenters. The predicted molar refractivity (Wildman–Crippen MR) is 58.0 cm³/mol. The maximum absolute atomic E-state index is 8.91. The van der Waals surface area contributed by atoms with Gasteiger partial charge in [-0.25, -0.2) is 0 Å². The molecule has 1 fully saturated rings. The molecule has 80 valence electrons. The average molecular weight is 195 g/mol. The molecule has 0 bridgehead atoms. The molecule has 0 radical (unpaired) electrons. The van der Waals surface area contributed by atoms with Crippen molar-refractivity contribution in [2.75, 3.05) is 26.7 Å². The molecule has 0 aromatic rings. The van der Waals surface area contributed by atoms with E-state index in [0.29, 0.717) is 6.04 Å². The maximum atomic E-state index is 8.91. The Morgan fingerprint density at radius 1 is 1.57 bits per heavy atom. The lowest BCUT2D eigenvalue weighted by Crippen LogP contribution is -2.38. The summed E-state index contributed by atoms with van der Waals surface area (Å²) in [6.45, 7) is 7.60. The lowest BCUT2D eigenvalue weighted by molar-refractivity contribution is 0.210. The van der Waals surface area contributed by atoms with E-state index >= 15 is 0 Å². The summed E-state index contributed by atoms with van der Waals surface area (Å²) in [4.78, 5) is 4.63. The molecule has 0 aromatic heterocycles. The van der Waals surface area contributed by atoms with Gasteiger partial charge in [0.2, 0.25) is 0 Å². The van der Waals surface area contributed by atoms with Gasteiger partial charge in [-0.15, -0.1) is 0 Å². The molecule has 0 amide bonds. The highest BCUT2D eigenvalue weighted by Gasteiger charge is 2.23. The second-order valence-corrected chi connectivity index (χ2v) is 4.40. The quantitative estimate of drug-likeness (QED) is 0.677. The fraction of sp³-hybridized carbons (Fsp3) is 0.909. The number of nitrogens with zero attached hydrogens (tertiary/aromatic N) is 3. The number of hydrogen-bond acceptors (Lipinski definition) is 3. The summed E-state index contributed by atoms with van der Waals surface area (Å²) >= 11 is 0. The maximum Gasteiger partial charge on any atom is 0.0978 e. The second-order valence-electron chi connectivity index (χ2n) is 4.40. The van der Waals surface area contributed by atoms with E-state index in [9.17, 15) is 0 Å². The SMILES string of the molecule is CC(C)N(C)CCN1CCC[C@@H]1C#N. The number of likely N-dealkylation sites (N-methyl/N-ethyl adjacent to an activating group) is 1. The van der Waals surface area contributed by atoms with E-state index in [4.69, 9.17) is 5.26 Å². The monoisotopic (exact) mass is 195 g/mol. The highest BCUT2D eigenvalue weighted by atomic mass is 15.2. The molecule has 1 heterocycles. The topological polar surface area (TPSA) is 30.3 Å². The number of hydrogen-bond donors (Lipinski definition) is 0. The van der Waals surface area contributed by atoms with Gasteiger partial charge in [0.15, 0.2) is 0 Å². The van der Waals surface area contributed by atoms with Crippen molar-refractivity contribution in [2.24, 2.45) is 0 Å². The Kier molecular flexibility index (Phi) is 4.37. The lowest BCUT2D eigenvalue weighted by atomic mass is 10.2. The zero-order chi connectivity index (χ0) is 10.6. The average Bonchev–Trinajstić information content (AvgIpc) is 2.60. The van der Waals surface area contributed by atoms with Gasteiger partial charge < -0.3 is 4.90 Å². The van der Waals surface area contributed by atoms with Crippen LogP contribution in [0.5, 0.6) is 0 Å².